The van der Waals surface area contributed by atoms with Gasteiger partial charge in [0.05, 0.1) is 44.5 Å². The van der Waals surface area contributed by atoms with Gasteiger partial charge in [0, 0.05) is 68.2 Å². The van der Waals surface area contributed by atoms with Gasteiger partial charge in [0.25, 0.3) is 0 Å². The lowest BCUT2D eigenvalue weighted by molar-refractivity contribution is 1.36. The minimum absolute atomic E-state index is 0.886. The molecule has 0 aliphatic heterocycles. The quantitative estimate of drug-likeness (QED) is 0.171. The molecular formula is C48H28N6. The zero-order valence-electron chi connectivity index (χ0n) is 28.8. The van der Waals surface area contributed by atoms with Crippen LogP contribution in [0.2, 0.25) is 0 Å². The van der Waals surface area contributed by atoms with Gasteiger partial charge in [-0.15, -0.1) is 0 Å². The van der Waals surface area contributed by atoms with Crippen LogP contribution in [0.4, 0.5) is 0 Å². The Bertz CT molecular complexity index is 3280. The van der Waals surface area contributed by atoms with Crippen molar-refractivity contribution in [2.24, 2.45) is 0 Å². The predicted molar refractivity (Wildman–Crippen MR) is 220 cm³/mol. The molecule has 0 aliphatic carbocycles. The molecule has 0 unspecified atom stereocenters. The van der Waals surface area contributed by atoms with Crippen LogP contribution in [0.5, 0.6) is 0 Å². The van der Waals surface area contributed by atoms with Crippen molar-refractivity contribution in [3.8, 4) is 44.8 Å². The van der Waals surface area contributed by atoms with E-state index in [9.17, 15) is 0 Å². The summed E-state index contributed by atoms with van der Waals surface area (Å²) < 4.78 is 0. The molecule has 0 spiro atoms. The van der Waals surface area contributed by atoms with E-state index in [2.05, 4.69) is 136 Å². The van der Waals surface area contributed by atoms with E-state index < -0.39 is 0 Å². The standard InChI is InChI=1S/C48H28N6/c1-5-35-26-39(37-7-3-23-51-47(37)45(35)49-21-1)29-9-11-30(12-10-29)41-19-17-34-25-32(16-18-42(34)53-41)33-14-13-31-15-20-43(54-44(31)28-33)40-27-36-6-2-22-50-46(36)48-38(40)8-4-24-52-48/h1-28H. The minimum Gasteiger partial charge on any atom is -0.254 e. The molecule has 6 heterocycles. The monoisotopic (exact) mass is 688 g/mol. The van der Waals surface area contributed by atoms with Gasteiger partial charge >= 0.3 is 0 Å². The molecule has 6 nitrogen and oxygen atoms in total. The average molecular weight is 689 g/mol. The summed E-state index contributed by atoms with van der Waals surface area (Å²) in [6.07, 6.45) is 7.29. The summed E-state index contributed by atoms with van der Waals surface area (Å²) in [5.74, 6) is 0. The van der Waals surface area contributed by atoms with Crippen LogP contribution in [-0.2, 0) is 0 Å². The Balaban J connectivity index is 0.919. The SMILES string of the molecule is c1cnc2c(c1)cc(-c1ccc(-c3ccc4cc(-c5ccc6ccc(-c7cc8cccnc8c8ncccc78)nc6c5)ccc4n3)cc1)c1cccnc12. The van der Waals surface area contributed by atoms with E-state index >= 15 is 0 Å². The predicted octanol–water partition coefficient (Wildman–Crippen LogP) is 11.6. The Morgan fingerprint density at radius 2 is 0.815 bits per heavy atom. The van der Waals surface area contributed by atoms with Gasteiger partial charge in [0.1, 0.15) is 0 Å². The first-order valence-corrected chi connectivity index (χ1v) is 17.9. The third-order valence-corrected chi connectivity index (χ3v) is 10.4. The van der Waals surface area contributed by atoms with Gasteiger partial charge in [-0.1, -0.05) is 78.9 Å². The maximum absolute atomic E-state index is 5.18. The zero-order chi connectivity index (χ0) is 35.6. The van der Waals surface area contributed by atoms with Crippen LogP contribution in [0.25, 0.3) is 110 Å². The highest BCUT2D eigenvalue weighted by Gasteiger charge is 2.14. The highest BCUT2D eigenvalue weighted by molar-refractivity contribution is 6.11. The smallest absolute Gasteiger partial charge is 0.0971 e. The third-order valence-electron chi connectivity index (χ3n) is 10.4. The van der Waals surface area contributed by atoms with E-state index in [1.54, 1.807) is 0 Å². The van der Waals surface area contributed by atoms with Crippen molar-refractivity contribution in [3.05, 3.63) is 170 Å². The molecule has 250 valence electrons. The van der Waals surface area contributed by atoms with Gasteiger partial charge in [-0.05, 0) is 89.0 Å². The van der Waals surface area contributed by atoms with Crippen LogP contribution < -0.4 is 0 Å². The van der Waals surface area contributed by atoms with Gasteiger partial charge in [0.15, 0.2) is 0 Å². The van der Waals surface area contributed by atoms with Gasteiger partial charge < -0.3 is 0 Å². The van der Waals surface area contributed by atoms with E-state index in [4.69, 9.17) is 15.0 Å². The molecule has 0 amide bonds. The molecule has 6 heteroatoms. The van der Waals surface area contributed by atoms with Crippen LogP contribution in [0.1, 0.15) is 0 Å². The summed E-state index contributed by atoms with van der Waals surface area (Å²) in [6.45, 7) is 0. The van der Waals surface area contributed by atoms with Gasteiger partial charge in [-0.25, -0.2) is 9.97 Å². The van der Waals surface area contributed by atoms with Crippen molar-refractivity contribution in [2.45, 2.75) is 0 Å². The second kappa shape index (κ2) is 12.1. The molecule has 11 aromatic rings. The van der Waals surface area contributed by atoms with Gasteiger partial charge in [-0.3, -0.25) is 19.9 Å². The number of nitrogens with zero attached hydrogens (tertiary/aromatic N) is 6. The summed E-state index contributed by atoms with van der Waals surface area (Å²) in [4.78, 5) is 28.9. The minimum atomic E-state index is 0.886. The first-order valence-electron chi connectivity index (χ1n) is 17.9. The number of hydrogen-bond acceptors (Lipinski definition) is 6. The molecule has 11 rings (SSSR count). The molecule has 0 aliphatic rings. The van der Waals surface area contributed by atoms with Gasteiger partial charge in [-0.2, -0.15) is 0 Å². The normalized spacial score (nSPS) is 11.7. The fourth-order valence-corrected chi connectivity index (χ4v) is 7.74. The van der Waals surface area contributed by atoms with Crippen molar-refractivity contribution in [3.63, 3.8) is 0 Å². The molecule has 0 atom stereocenters. The molecule has 0 fully saturated rings. The first kappa shape index (κ1) is 30.2. The molecule has 6 aromatic heterocycles. The lowest BCUT2D eigenvalue weighted by Crippen LogP contribution is -1.91. The lowest BCUT2D eigenvalue weighted by atomic mass is 9.96. The topological polar surface area (TPSA) is 77.3 Å². The number of hydrogen-bond donors (Lipinski definition) is 0. The summed E-state index contributed by atoms with van der Waals surface area (Å²) in [6, 6.07) is 50.8. The fraction of sp³-hybridized carbons (Fsp3) is 0. The molecule has 0 saturated carbocycles. The Hall–Kier alpha value is -7.44. The number of pyridine rings is 6. The highest BCUT2D eigenvalue weighted by atomic mass is 14.7. The molecule has 0 saturated heterocycles. The first-order chi connectivity index (χ1) is 26.7. The van der Waals surface area contributed by atoms with E-state index in [-0.39, 0.29) is 0 Å². The largest absolute Gasteiger partial charge is 0.254 e. The second-order valence-electron chi connectivity index (χ2n) is 13.6. The lowest BCUT2D eigenvalue weighted by Gasteiger charge is -2.11. The van der Waals surface area contributed by atoms with Crippen molar-refractivity contribution >= 4 is 65.4 Å². The van der Waals surface area contributed by atoms with Crippen LogP contribution in [0.15, 0.2) is 170 Å². The van der Waals surface area contributed by atoms with Crippen molar-refractivity contribution in [1.29, 1.82) is 0 Å². The Labute approximate surface area is 309 Å². The van der Waals surface area contributed by atoms with Crippen molar-refractivity contribution < 1.29 is 0 Å². The molecular weight excluding hydrogens is 661 g/mol. The Kier molecular flexibility index (Phi) is 6.75. The highest BCUT2D eigenvalue weighted by Crippen LogP contribution is 2.36. The summed E-state index contributed by atoms with van der Waals surface area (Å²) in [5, 5.41) is 6.43. The van der Waals surface area contributed by atoms with Gasteiger partial charge in [0.2, 0.25) is 0 Å². The van der Waals surface area contributed by atoms with E-state index in [1.807, 2.05) is 49.1 Å². The van der Waals surface area contributed by atoms with Crippen molar-refractivity contribution in [1.82, 2.24) is 29.9 Å². The maximum Gasteiger partial charge on any atom is 0.0971 e. The van der Waals surface area contributed by atoms with E-state index in [0.717, 1.165) is 110 Å². The van der Waals surface area contributed by atoms with E-state index in [1.165, 1.54) is 0 Å². The summed E-state index contributed by atoms with van der Waals surface area (Å²) >= 11 is 0. The molecule has 5 aromatic carbocycles. The molecule has 0 N–H and O–H groups in total. The number of fused-ring (bicyclic) bond motifs is 8. The Morgan fingerprint density at radius 3 is 1.56 bits per heavy atom. The fourth-order valence-electron chi connectivity index (χ4n) is 7.74. The molecule has 0 bridgehead atoms. The second-order valence-corrected chi connectivity index (χ2v) is 13.6. The third kappa shape index (κ3) is 4.96. The van der Waals surface area contributed by atoms with Crippen LogP contribution >= 0.6 is 0 Å². The number of benzene rings is 5. The van der Waals surface area contributed by atoms with Crippen molar-refractivity contribution in [2.75, 3.05) is 0 Å². The zero-order valence-corrected chi connectivity index (χ0v) is 28.8. The Morgan fingerprint density at radius 1 is 0.296 bits per heavy atom. The average Bonchev–Trinajstić information content (AvgIpc) is 3.25. The molecule has 0 radical (unpaired) electrons. The number of aromatic nitrogens is 6. The van der Waals surface area contributed by atoms with Crippen LogP contribution in [-0.4, -0.2) is 29.9 Å². The van der Waals surface area contributed by atoms with Crippen LogP contribution in [0, 0.1) is 0 Å². The number of rotatable bonds is 4. The summed E-state index contributed by atoms with van der Waals surface area (Å²) in [5.41, 5.74) is 14.0. The summed E-state index contributed by atoms with van der Waals surface area (Å²) in [7, 11) is 0. The maximum atomic E-state index is 5.18. The van der Waals surface area contributed by atoms with Crippen LogP contribution in [0.3, 0.4) is 0 Å². The van der Waals surface area contributed by atoms with E-state index in [0.29, 0.717) is 0 Å². The molecule has 54 heavy (non-hydrogen) atoms.